The number of hydrogen-bond donors (Lipinski definition) is 1. The predicted octanol–water partition coefficient (Wildman–Crippen LogP) is 11.6. The van der Waals surface area contributed by atoms with E-state index >= 15 is 0 Å². The van der Waals surface area contributed by atoms with Crippen LogP contribution in [0.3, 0.4) is 0 Å². The number of amidine groups is 2. The lowest BCUT2D eigenvalue weighted by Crippen LogP contribution is -2.34. The van der Waals surface area contributed by atoms with Crippen molar-refractivity contribution >= 4 is 22.4 Å². The highest BCUT2D eigenvalue weighted by molar-refractivity contribution is 6.17. The first-order chi connectivity index (χ1) is 30.6. The van der Waals surface area contributed by atoms with Crippen LogP contribution in [0.15, 0.2) is 204 Å². The van der Waals surface area contributed by atoms with Gasteiger partial charge in [0.25, 0.3) is 0 Å². The van der Waals surface area contributed by atoms with Gasteiger partial charge in [0.2, 0.25) is 0 Å². The normalized spacial score (nSPS) is 13.3. The molecule has 0 amide bonds. The Morgan fingerprint density at radius 1 is 0.419 bits per heavy atom. The van der Waals surface area contributed by atoms with E-state index in [4.69, 9.17) is 24.9 Å². The molecule has 0 spiro atoms. The summed E-state index contributed by atoms with van der Waals surface area (Å²) in [5.41, 5.74) is 9.41. The molecule has 2 heterocycles. The molecule has 0 radical (unpaired) electrons. The van der Waals surface area contributed by atoms with Crippen LogP contribution < -0.4 is 5.32 Å². The van der Waals surface area contributed by atoms with E-state index in [9.17, 15) is 10.5 Å². The van der Waals surface area contributed by atoms with Gasteiger partial charge in [0.15, 0.2) is 23.3 Å². The van der Waals surface area contributed by atoms with Gasteiger partial charge < -0.3 is 5.32 Å². The number of nitrogens with one attached hydrogen (secondary N) is 1. The third-order valence-electron chi connectivity index (χ3n) is 10.9. The molecule has 0 bridgehead atoms. The smallest absolute Gasteiger partial charge is 0.164 e. The van der Waals surface area contributed by atoms with Crippen molar-refractivity contribution in [3.05, 3.63) is 222 Å². The Labute approximate surface area is 358 Å². The summed E-state index contributed by atoms with van der Waals surface area (Å²) in [5, 5.41) is 26.3. The Hall–Kier alpha value is -8.85. The number of aliphatic imine (C=N–C) groups is 2. The molecule has 9 aromatic rings. The van der Waals surface area contributed by atoms with Crippen molar-refractivity contribution in [2.75, 3.05) is 0 Å². The lowest BCUT2D eigenvalue weighted by Gasteiger charge is -2.26. The van der Waals surface area contributed by atoms with Gasteiger partial charge in [-0.25, -0.2) is 24.9 Å². The second-order valence-electron chi connectivity index (χ2n) is 14.7. The largest absolute Gasteiger partial charge is 0.344 e. The molecule has 62 heavy (non-hydrogen) atoms. The maximum Gasteiger partial charge on any atom is 0.164 e. The van der Waals surface area contributed by atoms with Crippen LogP contribution in [0.1, 0.15) is 34.0 Å². The first kappa shape index (κ1) is 37.4. The summed E-state index contributed by atoms with van der Waals surface area (Å²) in [6, 6.07) is 68.2. The maximum atomic E-state index is 10.3. The number of rotatable bonds is 8. The highest BCUT2D eigenvalue weighted by Crippen LogP contribution is 2.42. The van der Waals surface area contributed by atoms with Gasteiger partial charge in [0, 0.05) is 33.4 Å². The van der Waals surface area contributed by atoms with Gasteiger partial charge in [0.05, 0.1) is 23.3 Å². The zero-order chi connectivity index (χ0) is 41.8. The van der Waals surface area contributed by atoms with Crippen LogP contribution in [0.25, 0.3) is 67.2 Å². The van der Waals surface area contributed by atoms with Crippen molar-refractivity contribution in [2.24, 2.45) is 9.98 Å². The first-order valence-electron chi connectivity index (χ1n) is 20.2. The molecule has 1 aromatic heterocycles. The summed E-state index contributed by atoms with van der Waals surface area (Å²) in [6.45, 7) is 0. The SMILES string of the molecule is N#Cc1ccc(-c2ccccc2-c2ccc(C#N)cc2C2N=C(c3ccccc3)N=C(c3cccc4ccccc34)N2)c(-c2nc(-c3ccccc3)nc(-c3ccccc3)n2)c1. The van der Waals surface area contributed by atoms with Crippen molar-refractivity contribution in [3.63, 3.8) is 0 Å². The average Bonchev–Trinajstić information content (AvgIpc) is 3.36. The second kappa shape index (κ2) is 16.4. The molecule has 1 unspecified atom stereocenters. The quantitative estimate of drug-likeness (QED) is 0.163. The molecule has 0 fully saturated rings. The Morgan fingerprint density at radius 3 is 1.58 bits per heavy atom. The predicted molar refractivity (Wildman–Crippen MR) is 246 cm³/mol. The fraction of sp³-hybridized carbons (Fsp3) is 0.0185. The Balaban J connectivity index is 1.16. The summed E-state index contributed by atoms with van der Waals surface area (Å²) in [5.74, 6) is 2.72. The Bertz CT molecular complexity index is 3230. The average molecular weight is 795 g/mol. The maximum absolute atomic E-state index is 10.3. The molecule has 1 N–H and O–H groups in total. The van der Waals surface area contributed by atoms with E-state index in [-0.39, 0.29) is 0 Å². The van der Waals surface area contributed by atoms with E-state index in [1.807, 2.05) is 158 Å². The molecule has 0 saturated heterocycles. The van der Waals surface area contributed by atoms with E-state index in [1.165, 1.54) is 0 Å². The van der Waals surface area contributed by atoms with E-state index < -0.39 is 6.17 Å². The molecular weight excluding hydrogens is 761 g/mol. The van der Waals surface area contributed by atoms with Crippen LogP contribution in [0.5, 0.6) is 0 Å². The molecule has 1 atom stereocenters. The van der Waals surface area contributed by atoms with E-state index in [0.29, 0.717) is 45.8 Å². The van der Waals surface area contributed by atoms with Gasteiger partial charge in [0.1, 0.15) is 12.0 Å². The van der Waals surface area contributed by atoms with Crippen molar-refractivity contribution in [3.8, 4) is 68.6 Å². The summed E-state index contributed by atoms with van der Waals surface area (Å²) in [7, 11) is 0. The highest BCUT2D eigenvalue weighted by Gasteiger charge is 2.27. The molecule has 8 heteroatoms. The molecule has 8 aromatic carbocycles. The third kappa shape index (κ3) is 7.26. The fourth-order valence-corrected chi connectivity index (χ4v) is 7.91. The van der Waals surface area contributed by atoms with Gasteiger partial charge in [-0.1, -0.05) is 170 Å². The molecular formula is C54H34N8. The minimum atomic E-state index is -0.626. The lowest BCUT2D eigenvalue weighted by atomic mass is 9.87. The van der Waals surface area contributed by atoms with Crippen LogP contribution in [0, 0.1) is 22.7 Å². The van der Waals surface area contributed by atoms with Gasteiger partial charge in [-0.3, -0.25) is 0 Å². The van der Waals surface area contributed by atoms with Gasteiger partial charge in [-0.15, -0.1) is 0 Å². The number of hydrogen-bond acceptors (Lipinski definition) is 8. The van der Waals surface area contributed by atoms with Crippen LogP contribution in [0.4, 0.5) is 0 Å². The number of aromatic nitrogens is 3. The molecule has 1 aliphatic rings. The third-order valence-corrected chi connectivity index (χ3v) is 10.9. The van der Waals surface area contributed by atoms with Crippen molar-refractivity contribution in [2.45, 2.75) is 6.17 Å². The molecule has 290 valence electrons. The minimum Gasteiger partial charge on any atom is -0.344 e. The van der Waals surface area contributed by atoms with Crippen LogP contribution in [0.2, 0.25) is 0 Å². The molecule has 10 rings (SSSR count). The van der Waals surface area contributed by atoms with E-state index in [2.05, 4.69) is 53.9 Å². The molecule has 0 aliphatic carbocycles. The minimum absolute atomic E-state index is 0.432. The zero-order valence-corrected chi connectivity index (χ0v) is 33.2. The van der Waals surface area contributed by atoms with Crippen LogP contribution in [-0.2, 0) is 0 Å². The van der Waals surface area contributed by atoms with Crippen LogP contribution >= 0.6 is 0 Å². The number of fused-ring (bicyclic) bond motifs is 1. The summed E-state index contributed by atoms with van der Waals surface area (Å²) < 4.78 is 0. The van der Waals surface area contributed by atoms with Gasteiger partial charge in [-0.05, 0) is 57.3 Å². The first-order valence-corrected chi connectivity index (χ1v) is 20.2. The summed E-state index contributed by atoms with van der Waals surface area (Å²) in [6.07, 6.45) is -0.626. The van der Waals surface area contributed by atoms with E-state index in [1.54, 1.807) is 0 Å². The molecule has 8 nitrogen and oxygen atoms in total. The second-order valence-corrected chi connectivity index (χ2v) is 14.7. The zero-order valence-electron chi connectivity index (χ0n) is 33.2. The van der Waals surface area contributed by atoms with Crippen molar-refractivity contribution in [1.29, 1.82) is 10.5 Å². The number of nitrogens with zero attached hydrogens (tertiary/aromatic N) is 7. The topological polar surface area (TPSA) is 123 Å². The fourth-order valence-electron chi connectivity index (χ4n) is 7.91. The highest BCUT2D eigenvalue weighted by atomic mass is 15.2. The van der Waals surface area contributed by atoms with Gasteiger partial charge in [-0.2, -0.15) is 10.5 Å². The van der Waals surface area contributed by atoms with Crippen LogP contribution in [-0.4, -0.2) is 26.6 Å². The van der Waals surface area contributed by atoms with Crippen molar-refractivity contribution in [1.82, 2.24) is 20.3 Å². The standard InChI is InChI=1S/C54H34N8/c55-33-35-27-29-44(47(31-35)53-59-49(38-16-4-1-5-17-38)57-50(60-53)39-18-6-2-7-19-39)42-24-12-13-25-43(42)45-30-28-36(34-56)32-48(45)54-61-51(40-20-8-3-9-21-40)58-52(62-54)46-26-14-22-37-15-10-11-23-41(37)46/h1-32,54H,(H,58,61,62). The number of nitriles is 2. The Morgan fingerprint density at radius 2 is 0.919 bits per heavy atom. The summed E-state index contributed by atoms with van der Waals surface area (Å²) >= 11 is 0. The van der Waals surface area contributed by atoms with Crippen molar-refractivity contribution < 1.29 is 0 Å². The molecule has 0 saturated carbocycles. The molecule has 1 aliphatic heterocycles. The van der Waals surface area contributed by atoms with E-state index in [0.717, 1.165) is 60.8 Å². The Kier molecular flexibility index (Phi) is 9.91. The number of benzene rings is 8. The van der Waals surface area contributed by atoms with Gasteiger partial charge >= 0.3 is 0 Å². The summed E-state index contributed by atoms with van der Waals surface area (Å²) in [4.78, 5) is 25.4. The lowest BCUT2D eigenvalue weighted by molar-refractivity contribution is 0.676. The monoisotopic (exact) mass is 794 g/mol.